The van der Waals surface area contributed by atoms with Crippen LogP contribution in [0.4, 0.5) is 0 Å². The highest BCUT2D eigenvalue weighted by Crippen LogP contribution is 2.28. The lowest BCUT2D eigenvalue weighted by molar-refractivity contribution is -0.139. The Labute approximate surface area is 176 Å². The van der Waals surface area contributed by atoms with Crippen molar-refractivity contribution in [3.63, 3.8) is 0 Å². The number of rotatable bonds is 5. The molecule has 160 valence electrons. The Kier molecular flexibility index (Phi) is 7.20. The van der Waals surface area contributed by atoms with Crippen LogP contribution in [0.25, 0.3) is 0 Å². The van der Waals surface area contributed by atoms with E-state index in [0.29, 0.717) is 18.0 Å². The summed E-state index contributed by atoms with van der Waals surface area (Å²) >= 11 is 0. The Bertz CT molecular complexity index is 638. The number of amides is 1. The first-order valence-electron chi connectivity index (χ1n) is 11.8. The molecule has 3 aliphatic rings. The average molecular weight is 399 g/mol. The normalized spacial score (nSPS) is 25.8. The lowest BCUT2D eigenvalue weighted by Crippen LogP contribution is -2.52. The van der Waals surface area contributed by atoms with Crippen molar-refractivity contribution >= 4 is 5.91 Å². The van der Waals surface area contributed by atoms with Gasteiger partial charge in [-0.2, -0.15) is 0 Å². The van der Waals surface area contributed by atoms with Gasteiger partial charge in [0.2, 0.25) is 5.91 Å². The van der Waals surface area contributed by atoms with Gasteiger partial charge in [-0.15, -0.1) is 0 Å². The molecule has 0 N–H and O–H groups in total. The number of piperidine rings is 2. The van der Waals surface area contributed by atoms with Crippen molar-refractivity contribution in [3.05, 3.63) is 30.1 Å². The molecule has 0 bridgehead atoms. The summed E-state index contributed by atoms with van der Waals surface area (Å²) in [6, 6.07) is 5.38. The van der Waals surface area contributed by atoms with E-state index >= 15 is 0 Å². The fourth-order valence-electron chi connectivity index (χ4n) is 5.66. The predicted molar refractivity (Wildman–Crippen MR) is 116 cm³/mol. The maximum atomic E-state index is 13.2. The van der Waals surface area contributed by atoms with Gasteiger partial charge in [0, 0.05) is 44.6 Å². The van der Waals surface area contributed by atoms with Crippen LogP contribution in [-0.4, -0.2) is 70.9 Å². The molecule has 0 aromatic carbocycles. The maximum Gasteiger partial charge on any atom is 0.226 e. The molecule has 3 fully saturated rings. The molecule has 2 saturated heterocycles. The molecule has 5 nitrogen and oxygen atoms in total. The highest BCUT2D eigenvalue weighted by Gasteiger charge is 2.34. The van der Waals surface area contributed by atoms with Crippen LogP contribution in [0, 0.1) is 5.92 Å². The highest BCUT2D eigenvalue weighted by molar-refractivity contribution is 5.79. The van der Waals surface area contributed by atoms with E-state index in [4.69, 9.17) is 0 Å². The van der Waals surface area contributed by atoms with Gasteiger partial charge in [0.1, 0.15) is 0 Å². The number of hydrogen-bond donors (Lipinski definition) is 0. The van der Waals surface area contributed by atoms with Crippen LogP contribution in [0.1, 0.15) is 63.4 Å². The Morgan fingerprint density at radius 1 is 1.00 bits per heavy atom. The second kappa shape index (κ2) is 10.0. The Balaban J connectivity index is 1.26. The summed E-state index contributed by atoms with van der Waals surface area (Å²) < 4.78 is 0. The molecule has 1 aromatic heterocycles. The zero-order valence-corrected chi connectivity index (χ0v) is 18.1. The van der Waals surface area contributed by atoms with Gasteiger partial charge < -0.3 is 4.90 Å². The second-order valence-corrected chi connectivity index (χ2v) is 9.44. The summed E-state index contributed by atoms with van der Waals surface area (Å²) in [7, 11) is 2.06. The Hall–Kier alpha value is -1.46. The monoisotopic (exact) mass is 398 g/mol. The Morgan fingerprint density at radius 2 is 1.72 bits per heavy atom. The zero-order chi connectivity index (χ0) is 20.1. The summed E-state index contributed by atoms with van der Waals surface area (Å²) in [5.74, 6) is 0.627. The van der Waals surface area contributed by atoms with E-state index in [1.165, 1.54) is 63.5 Å². The first-order valence-corrected chi connectivity index (χ1v) is 11.8. The third-order valence-corrected chi connectivity index (χ3v) is 7.50. The van der Waals surface area contributed by atoms with Gasteiger partial charge in [0.15, 0.2) is 0 Å². The molecule has 5 heteroatoms. The number of hydrogen-bond acceptors (Lipinski definition) is 4. The van der Waals surface area contributed by atoms with E-state index in [-0.39, 0.29) is 5.92 Å². The fraction of sp³-hybridized carbons (Fsp3) is 0.750. The van der Waals surface area contributed by atoms with Crippen molar-refractivity contribution in [2.45, 2.75) is 76.4 Å². The SMILES string of the molecule is CN(C(=O)[C@H]1CCCN(C2CCN(Cc3ccncc3)CC2)C1)C1CCCCC1. The molecule has 0 unspecified atom stereocenters. The highest BCUT2D eigenvalue weighted by atomic mass is 16.2. The second-order valence-electron chi connectivity index (χ2n) is 9.44. The first kappa shape index (κ1) is 20.8. The molecular weight excluding hydrogens is 360 g/mol. The van der Waals surface area contributed by atoms with Gasteiger partial charge in [-0.05, 0) is 75.9 Å². The van der Waals surface area contributed by atoms with Crippen LogP contribution in [0.3, 0.4) is 0 Å². The van der Waals surface area contributed by atoms with Crippen LogP contribution in [0.15, 0.2) is 24.5 Å². The van der Waals surface area contributed by atoms with Gasteiger partial charge in [0.05, 0.1) is 5.92 Å². The molecule has 29 heavy (non-hydrogen) atoms. The van der Waals surface area contributed by atoms with E-state index in [9.17, 15) is 4.79 Å². The third kappa shape index (κ3) is 5.37. The molecule has 1 aliphatic carbocycles. The third-order valence-electron chi connectivity index (χ3n) is 7.50. The molecule has 1 amide bonds. The van der Waals surface area contributed by atoms with Crippen molar-refractivity contribution in [1.29, 1.82) is 0 Å². The first-order chi connectivity index (χ1) is 14.2. The van der Waals surface area contributed by atoms with E-state index in [0.717, 1.165) is 32.6 Å². The van der Waals surface area contributed by atoms with Crippen molar-refractivity contribution in [2.24, 2.45) is 5.92 Å². The summed E-state index contributed by atoms with van der Waals surface area (Å²) in [4.78, 5) is 24.6. The standard InChI is InChI=1S/C24H38N4O/c1-26(22-7-3-2-4-8-22)24(29)21-6-5-15-28(19-21)23-11-16-27(17-12-23)18-20-9-13-25-14-10-20/h9-10,13-14,21-23H,2-8,11-12,15-19H2,1H3/t21-/m0/s1. The van der Waals surface area contributed by atoms with Gasteiger partial charge in [-0.3, -0.25) is 19.6 Å². The molecule has 3 heterocycles. The smallest absolute Gasteiger partial charge is 0.226 e. The van der Waals surface area contributed by atoms with E-state index in [1.54, 1.807) is 0 Å². The number of likely N-dealkylation sites (tertiary alicyclic amines) is 2. The van der Waals surface area contributed by atoms with Crippen LogP contribution in [-0.2, 0) is 11.3 Å². The predicted octanol–water partition coefficient (Wildman–Crippen LogP) is 3.55. The lowest BCUT2D eigenvalue weighted by atomic mass is 9.90. The largest absolute Gasteiger partial charge is 0.342 e. The van der Waals surface area contributed by atoms with E-state index < -0.39 is 0 Å². The summed E-state index contributed by atoms with van der Waals surface area (Å²) in [6.45, 7) is 5.49. The van der Waals surface area contributed by atoms with Crippen molar-refractivity contribution in [2.75, 3.05) is 33.2 Å². The molecule has 1 atom stereocenters. The molecule has 0 spiro atoms. The van der Waals surface area contributed by atoms with Gasteiger partial charge in [-0.1, -0.05) is 19.3 Å². The molecule has 1 saturated carbocycles. The van der Waals surface area contributed by atoms with Crippen LogP contribution >= 0.6 is 0 Å². The quantitative estimate of drug-likeness (QED) is 0.760. The minimum atomic E-state index is 0.213. The molecule has 4 rings (SSSR count). The van der Waals surface area contributed by atoms with Gasteiger partial charge in [-0.25, -0.2) is 0 Å². The molecular formula is C24H38N4O. The van der Waals surface area contributed by atoms with Crippen molar-refractivity contribution in [3.8, 4) is 0 Å². The molecule has 2 aliphatic heterocycles. The number of pyridine rings is 1. The van der Waals surface area contributed by atoms with Crippen LogP contribution in [0.2, 0.25) is 0 Å². The fourth-order valence-corrected chi connectivity index (χ4v) is 5.66. The number of carbonyl (C=O) groups is 1. The summed E-state index contributed by atoms with van der Waals surface area (Å²) in [6.07, 6.45) is 14.8. The maximum absolute atomic E-state index is 13.2. The zero-order valence-electron chi connectivity index (χ0n) is 18.1. The van der Waals surface area contributed by atoms with Gasteiger partial charge in [0.25, 0.3) is 0 Å². The lowest BCUT2D eigenvalue weighted by Gasteiger charge is -2.43. The van der Waals surface area contributed by atoms with E-state index in [1.807, 2.05) is 12.4 Å². The van der Waals surface area contributed by atoms with E-state index in [2.05, 4.69) is 38.9 Å². The Morgan fingerprint density at radius 3 is 2.45 bits per heavy atom. The topological polar surface area (TPSA) is 39.7 Å². The number of nitrogens with zero attached hydrogens (tertiary/aromatic N) is 4. The molecule has 0 radical (unpaired) electrons. The van der Waals surface area contributed by atoms with Gasteiger partial charge >= 0.3 is 0 Å². The van der Waals surface area contributed by atoms with Crippen LogP contribution < -0.4 is 0 Å². The number of aromatic nitrogens is 1. The summed E-state index contributed by atoms with van der Waals surface area (Å²) in [5, 5.41) is 0. The average Bonchev–Trinajstić information content (AvgIpc) is 2.80. The summed E-state index contributed by atoms with van der Waals surface area (Å²) in [5.41, 5.74) is 1.35. The molecule has 1 aromatic rings. The van der Waals surface area contributed by atoms with Crippen molar-refractivity contribution in [1.82, 2.24) is 19.7 Å². The minimum Gasteiger partial charge on any atom is -0.342 e. The minimum absolute atomic E-state index is 0.213. The number of carbonyl (C=O) groups excluding carboxylic acids is 1. The van der Waals surface area contributed by atoms with Crippen molar-refractivity contribution < 1.29 is 4.79 Å². The van der Waals surface area contributed by atoms with Crippen LogP contribution in [0.5, 0.6) is 0 Å².